The van der Waals surface area contributed by atoms with Crippen LogP contribution in [0.2, 0.25) is 0 Å². The van der Waals surface area contributed by atoms with Crippen molar-refractivity contribution in [2.45, 2.75) is 6.10 Å². The Kier molecular flexibility index (Phi) is 3.98. The number of fused-ring (bicyclic) bond motifs is 1. The van der Waals surface area contributed by atoms with E-state index in [0.717, 1.165) is 33.9 Å². The van der Waals surface area contributed by atoms with Crippen molar-refractivity contribution in [1.29, 1.82) is 0 Å². The Labute approximate surface area is 161 Å². The molecule has 1 aliphatic heterocycles. The van der Waals surface area contributed by atoms with Crippen molar-refractivity contribution in [2.24, 2.45) is 14.1 Å². The fourth-order valence-electron chi connectivity index (χ4n) is 3.17. The van der Waals surface area contributed by atoms with Gasteiger partial charge in [0, 0.05) is 31.8 Å². The second-order valence-electron chi connectivity index (χ2n) is 6.82. The van der Waals surface area contributed by atoms with E-state index >= 15 is 0 Å². The molecule has 1 aromatic carbocycles. The van der Waals surface area contributed by atoms with Gasteiger partial charge in [0.1, 0.15) is 23.5 Å². The SMILES string of the molecule is Cn1nc(-c2ccccc2)cc1Nc1cc(OC2COC2)c2cnn(C)c2n1. The van der Waals surface area contributed by atoms with Crippen LogP contribution in [0.15, 0.2) is 48.7 Å². The quantitative estimate of drug-likeness (QED) is 0.577. The summed E-state index contributed by atoms with van der Waals surface area (Å²) in [5.41, 5.74) is 2.72. The van der Waals surface area contributed by atoms with Crippen LogP contribution in [0.1, 0.15) is 0 Å². The Bertz CT molecular complexity index is 1130. The lowest BCUT2D eigenvalue weighted by atomic mass is 10.1. The molecule has 0 radical (unpaired) electrons. The Morgan fingerprint density at radius 1 is 1.11 bits per heavy atom. The molecule has 0 bridgehead atoms. The molecular weight excluding hydrogens is 356 g/mol. The maximum absolute atomic E-state index is 6.08. The summed E-state index contributed by atoms with van der Waals surface area (Å²) in [6.45, 7) is 1.21. The summed E-state index contributed by atoms with van der Waals surface area (Å²) in [7, 11) is 3.77. The first-order chi connectivity index (χ1) is 13.7. The molecule has 0 spiro atoms. The molecule has 8 heteroatoms. The number of hydrogen-bond donors (Lipinski definition) is 1. The third kappa shape index (κ3) is 2.97. The Hall–Kier alpha value is -3.39. The summed E-state index contributed by atoms with van der Waals surface area (Å²) in [6.07, 6.45) is 1.85. The molecule has 28 heavy (non-hydrogen) atoms. The predicted molar refractivity (Wildman–Crippen MR) is 106 cm³/mol. The Morgan fingerprint density at radius 2 is 1.93 bits per heavy atom. The molecular formula is C20H20N6O2. The van der Waals surface area contributed by atoms with E-state index in [1.165, 1.54) is 0 Å². The fourth-order valence-corrected chi connectivity index (χ4v) is 3.17. The lowest BCUT2D eigenvalue weighted by Gasteiger charge is -2.27. The monoisotopic (exact) mass is 376 g/mol. The number of nitrogens with one attached hydrogen (secondary N) is 1. The van der Waals surface area contributed by atoms with E-state index < -0.39 is 0 Å². The molecule has 4 aromatic rings. The topological polar surface area (TPSA) is 79.0 Å². The molecule has 0 saturated carbocycles. The van der Waals surface area contributed by atoms with Crippen LogP contribution in [0.3, 0.4) is 0 Å². The second kappa shape index (κ2) is 6.65. The van der Waals surface area contributed by atoms with Gasteiger partial charge in [0.15, 0.2) is 5.65 Å². The number of aryl methyl sites for hydroxylation is 2. The molecule has 8 nitrogen and oxygen atoms in total. The van der Waals surface area contributed by atoms with Crippen LogP contribution >= 0.6 is 0 Å². The maximum Gasteiger partial charge on any atom is 0.163 e. The van der Waals surface area contributed by atoms with Crippen molar-refractivity contribution in [3.05, 3.63) is 48.7 Å². The van der Waals surface area contributed by atoms with Gasteiger partial charge in [-0.3, -0.25) is 9.36 Å². The minimum absolute atomic E-state index is 0.0695. The molecule has 5 rings (SSSR count). The Morgan fingerprint density at radius 3 is 2.68 bits per heavy atom. The molecule has 1 saturated heterocycles. The molecule has 0 unspecified atom stereocenters. The van der Waals surface area contributed by atoms with E-state index in [1.807, 2.05) is 56.6 Å². The van der Waals surface area contributed by atoms with Crippen molar-refractivity contribution in [3.8, 4) is 17.0 Å². The summed E-state index contributed by atoms with van der Waals surface area (Å²) < 4.78 is 14.8. The normalized spacial score (nSPS) is 14.2. The van der Waals surface area contributed by atoms with Gasteiger partial charge in [-0.05, 0) is 0 Å². The van der Waals surface area contributed by atoms with Crippen LogP contribution in [-0.4, -0.2) is 43.9 Å². The van der Waals surface area contributed by atoms with Crippen LogP contribution in [0.4, 0.5) is 11.6 Å². The van der Waals surface area contributed by atoms with Gasteiger partial charge >= 0.3 is 0 Å². The van der Waals surface area contributed by atoms with Crippen LogP contribution in [0, 0.1) is 0 Å². The van der Waals surface area contributed by atoms with Gasteiger partial charge in [-0.25, -0.2) is 4.98 Å². The highest BCUT2D eigenvalue weighted by atomic mass is 16.6. The molecule has 3 aromatic heterocycles. The van der Waals surface area contributed by atoms with E-state index in [1.54, 1.807) is 15.6 Å². The summed E-state index contributed by atoms with van der Waals surface area (Å²) in [5, 5.41) is 13.2. The number of benzene rings is 1. The van der Waals surface area contributed by atoms with Crippen LogP contribution in [-0.2, 0) is 18.8 Å². The molecule has 142 valence electrons. The number of rotatable bonds is 5. The van der Waals surface area contributed by atoms with Crippen molar-refractivity contribution in [2.75, 3.05) is 18.5 Å². The first-order valence-electron chi connectivity index (χ1n) is 9.11. The second-order valence-corrected chi connectivity index (χ2v) is 6.82. The molecule has 1 fully saturated rings. The predicted octanol–water partition coefficient (Wildman–Crippen LogP) is 2.89. The first-order valence-corrected chi connectivity index (χ1v) is 9.11. The summed E-state index contributed by atoms with van der Waals surface area (Å²) >= 11 is 0. The van der Waals surface area contributed by atoms with Gasteiger partial charge in [-0.15, -0.1) is 0 Å². The lowest BCUT2D eigenvalue weighted by Crippen LogP contribution is -2.38. The van der Waals surface area contributed by atoms with Crippen LogP contribution in [0.25, 0.3) is 22.3 Å². The number of ether oxygens (including phenoxy) is 2. The molecule has 1 aliphatic rings. The standard InChI is InChI=1S/C20H20N6O2/c1-25-19(8-16(24-25)13-6-4-3-5-7-13)22-18-9-17(28-14-11-27-12-14)15-10-21-26(2)20(15)23-18/h3-10,14H,11-12H2,1-2H3,(H,22,23). The molecule has 0 atom stereocenters. The summed E-state index contributed by atoms with van der Waals surface area (Å²) in [5.74, 6) is 2.26. The van der Waals surface area contributed by atoms with E-state index in [4.69, 9.17) is 14.5 Å². The Balaban J connectivity index is 1.49. The third-order valence-corrected chi connectivity index (χ3v) is 4.77. The van der Waals surface area contributed by atoms with E-state index in [0.29, 0.717) is 19.0 Å². The van der Waals surface area contributed by atoms with Gasteiger partial charge < -0.3 is 14.8 Å². The summed E-state index contributed by atoms with van der Waals surface area (Å²) in [6, 6.07) is 14.0. The number of pyridine rings is 1. The van der Waals surface area contributed by atoms with Crippen molar-refractivity contribution in [3.63, 3.8) is 0 Å². The van der Waals surface area contributed by atoms with Gasteiger partial charge in [0.05, 0.1) is 30.5 Å². The number of aromatic nitrogens is 5. The van der Waals surface area contributed by atoms with E-state index in [9.17, 15) is 0 Å². The minimum atomic E-state index is 0.0695. The van der Waals surface area contributed by atoms with Gasteiger partial charge in [0.2, 0.25) is 0 Å². The van der Waals surface area contributed by atoms with E-state index in [-0.39, 0.29) is 6.10 Å². The minimum Gasteiger partial charge on any atom is -0.485 e. The zero-order chi connectivity index (χ0) is 19.1. The van der Waals surface area contributed by atoms with Gasteiger partial charge in [-0.2, -0.15) is 10.2 Å². The van der Waals surface area contributed by atoms with Gasteiger partial charge in [-0.1, -0.05) is 30.3 Å². The third-order valence-electron chi connectivity index (χ3n) is 4.77. The molecule has 0 amide bonds. The highest BCUT2D eigenvalue weighted by Crippen LogP contribution is 2.31. The van der Waals surface area contributed by atoms with Crippen molar-refractivity contribution < 1.29 is 9.47 Å². The zero-order valence-electron chi connectivity index (χ0n) is 15.7. The smallest absolute Gasteiger partial charge is 0.163 e. The molecule has 4 heterocycles. The highest BCUT2D eigenvalue weighted by Gasteiger charge is 2.22. The van der Waals surface area contributed by atoms with Crippen LogP contribution < -0.4 is 10.1 Å². The van der Waals surface area contributed by atoms with Gasteiger partial charge in [0.25, 0.3) is 0 Å². The highest BCUT2D eigenvalue weighted by molar-refractivity contribution is 5.84. The summed E-state index contributed by atoms with van der Waals surface area (Å²) in [4.78, 5) is 4.70. The number of anilines is 2. The lowest BCUT2D eigenvalue weighted by molar-refractivity contribution is -0.0790. The molecule has 1 N–H and O–H groups in total. The average Bonchev–Trinajstić information content (AvgIpc) is 3.22. The van der Waals surface area contributed by atoms with E-state index in [2.05, 4.69) is 15.5 Å². The van der Waals surface area contributed by atoms with Crippen molar-refractivity contribution in [1.82, 2.24) is 24.5 Å². The zero-order valence-corrected chi connectivity index (χ0v) is 15.7. The van der Waals surface area contributed by atoms with Crippen molar-refractivity contribution >= 4 is 22.7 Å². The number of nitrogens with zero attached hydrogens (tertiary/aromatic N) is 5. The molecule has 0 aliphatic carbocycles. The van der Waals surface area contributed by atoms with Crippen LogP contribution in [0.5, 0.6) is 5.75 Å². The fraction of sp³-hybridized carbons (Fsp3) is 0.250. The first kappa shape index (κ1) is 16.8. The maximum atomic E-state index is 6.08. The number of hydrogen-bond acceptors (Lipinski definition) is 6. The average molecular weight is 376 g/mol. The largest absolute Gasteiger partial charge is 0.485 e.